The summed E-state index contributed by atoms with van der Waals surface area (Å²) >= 11 is 0. The third kappa shape index (κ3) is 3.62. The minimum absolute atomic E-state index is 0.121. The number of rotatable bonds is 4. The van der Waals surface area contributed by atoms with E-state index < -0.39 is 0 Å². The zero-order valence-electron chi connectivity index (χ0n) is 12.4. The van der Waals surface area contributed by atoms with E-state index in [9.17, 15) is 10.1 Å². The van der Waals surface area contributed by atoms with Gasteiger partial charge in [-0.05, 0) is 37.2 Å². The minimum Gasteiger partial charge on any atom is -0.388 e. The lowest BCUT2D eigenvalue weighted by atomic mass is 9.75. The van der Waals surface area contributed by atoms with Gasteiger partial charge in [-0.1, -0.05) is 13.8 Å². The third-order valence-electron chi connectivity index (χ3n) is 4.13. The molecule has 2 N–H and O–H groups in total. The summed E-state index contributed by atoms with van der Waals surface area (Å²) in [5.41, 5.74) is 2.14. The van der Waals surface area contributed by atoms with Crippen molar-refractivity contribution >= 4 is 17.1 Å². The van der Waals surface area contributed by atoms with E-state index >= 15 is 0 Å². The summed E-state index contributed by atoms with van der Waals surface area (Å²) in [5.74, 6) is 0. The van der Waals surface area contributed by atoms with Crippen molar-refractivity contribution in [1.29, 1.82) is 0 Å². The van der Waals surface area contributed by atoms with E-state index in [1.54, 1.807) is 19.2 Å². The Bertz CT molecular complexity index is 490. The van der Waals surface area contributed by atoms with Crippen molar-refractivity contribution in [2.45, 2.75) is 45.6 Å². The number of hydrogen-bond donors (Lipinski definition) is 2. The van der Waals surface area contributed by atoms with Crippen LogP contribution in [-0.2, 0) is 0 Å². The Morgan fingerprint density at radius 3 is 2.35 bits per heavy atom. The molecule has 110 valence electrons. The summed E-state index contributed by atoms with van der Waals surface area (Å²) in [6.45, 7) is 4.60. The molecule has 0 aliphatic heterocycles. The molecule has 2 rings (SSSR count). The SMILES string of the molecule is CNc1cc(NC2CCC(C)(C)CC2)cc([N+](=O)[O-])c1. The van der Waals surface area contributed by atoms with Crippen LogP contribution >= 0.6 is 0 Å². The van der Waals surface area contributed by atoms with E-state index in [4.69, 9.17) is 0 Å². The van der Waals surface area contributed by atoms with Crippen LogP contribution in [0.25, 0.3) is 0 Å². The van der Waals surface area contributed by atoms with Crippen LogP contribution < -0.4 is 10.6 Å². The average Bonchev–Trinajstić information content (AvgIpc) is 2.41. The highest BCUT2D eigenvalue weighted by atomic mass is 16.6. The minimum atomic E-state index is -0.351. The third-order valence-corrected chi connectivity index (χ3v) is 4.13. The van der Waals surface area contributed by atoms with E-state index in [1.165, 1.54) is 12.8 Å². The summed E-state index contributed by atoms with van der Waals surface area (Å²) < 4.78 is 0. The largest absolute Gasteiger partial charge is 0.388 e. The van der Waals surface area contributed by atoms with Crippen LogP contribution in [0, 0.1) is 15.5 Å². The molecule has 0 bridgehead atoms. The van der Waals surface area contributed by atoms with Gasteiger partial charge in [0.2, 0.25) is 0 Å². The fourth-order valence-corrected chi connectivity index (χ4v) is 2.72. The second-order valence-corrected chi connectivity index (χ2v) is 6.36. The topological polar surface area (TPSA) is 67.2 Å². The van der Waals surface area contributed by atoms with Crippen molar-refractivity contribution in [3.63, 3.8) is 0 Å². The summed E-state index contributed by atoms with van der Waals surface area (Å²) in [6.07, 6.45) is 4.62. The molecule has 0 radical (unpaired) electrons. The molecule has 0 aromatic heterocycles. The van der Waals surface area contributed by atoms with Crippen molar-refractivity contribution in [2.24, 2.45) is 5.41 Å². The zero-order valence-corrected chi connectivity index (χ0v) is 12.4. The number of non-ortho nitro benzene ring substituents is 1. The van der Waals surface area contributed by atoms with Gasteiger partial charge < -0.3 is 10.6 Å². The van der Waals surface area contributed by atoms with Gasteiger partial charge in [0.25, 0.3) is 5.69 Å². The molecule has 1 aliphatic rings. The molecular weight excluding hydrogens is 254 g/mol. The molecule has 1 aromatic rings. The number of hydrogen-bond acceptors (Lipinski definition) is 4. The Hall–Kier alpha value is -1.78. The lowest BCUT2D eigenvalue weighted by Crippen LogP contribution is -2.29. The Kier molecular flexibility index (Phi) is 4.16. The van der Waals surface area contributed by atoms with Crippen molar-refractivity contribution in [3.8, 4) is 0 Å². The summed E-state index contributed by atoms with van der Waals surface area (Å²) in [7, 11) is 1.77. The van der Waals surface area contributed by atoms with Crippen LogP contribution in [-0.4, -0.2) is 18.0 Å². The fraction of sp³-hybridized carbons (Fsp3) is 0.600. The standard InChI is InChI=1S/C15H23N3O2/c1-15(2)6-4-11(5-7-15)17-13-8-12(16-3)9-14(10-13)18(19)20/h8-11,16-17H,4-7H2,1-3H3. The van der Waals surface area contributed by atoms with Crippen molar-refractivity contribution in [3.05, 3.63) is 28.3 Å². The van der Waals surface area contributed by atoms with E-state index in [0.29, 0.717) is 11.5 Å². The maximum Gasteiger partial charge on any atom is 0.273 e. The first-order valence-electron chi connectivity index (χ1n) is 7.13. The van der Waals surface area contributed by atoms with E-state index in [1.807, 2.05) is 6.07 Å². The number of anilines is 2. The zero-order chi connectivity index (χ0) is 14.8. The van der Waals surface area contributed by atoms with E-state index in [2.05, 4.69) is 24.5 Å². The first-order chi connectivity index (χ1) is 9.39. The highest BCUT2D eigenvalue weighted by molar-refractivity contribution is 5.63. The first kappa shape index (κ1) is 14.6. The van der Waals surface area contributed by atoms with Crippen LogP contribution in [0.1, 0.15) is 39.5 Å². The molecule has 0 atom stereocenters. The highest BCUT2D eigenvalue weighted by Gasteiger charge is 2.26. The molecular formula is C15H23N3O2. The van der Waals surface area contributed by atoms with Gasteiger partial charge in [-0.25, -0.2) is 0 Å². The van der Waals surface area contributed by atoms with Gasteiger partial charge in [0.05, 0.1) is 4.92 Å². The maximum atomic E-state index is 10.9. The fourth-order valence-electron chi connectivity index (χ4n) is 2.72. The van der Waals surface area contributed by atoms with E-state index in [0.717, 1.165) is 24.2 Å². The Morgan fingerprint density at radius 2 is 1.80 bits per heavy atom. The Morgan fingerprint density at radius 1 is 1.20 bits per heavy atom. The van der Waals surface area contributed by atoms with Gasteiger partial charge in [-0.15, -0.1) is 0 Å². The molecule has 0 unspecified atom stereocenters. The summed E-state index contributed by atoms with van der Waals surface area (Å²) in [4.78, 5) is 10.6. The van der Waals surface area contributed by atoms with Gasteiger partial charge in [-0.3, -0.25) is 10.1 Å². The van der Waals surface area contributed by atoms with Crippen molar-refractivity contribution < 1.29 is 4.92 Å². The molecule has 1 aromatic carbocycles. The second kappa shape index (κ2) is 5.69. The smallest absolute Gasteiger partial charge is 0.273 e. The van der Waals surface area contributed by atoms with Crippen LogP contribution in [0.2, 0.25) is 0 Å². The molecule has 5 heteroatoms. The second-order valence-electron chi connectivity index (χ2n) is 6.36. The van der Waals surface area contributed by atoms with Crippen molar-refractivity contribution in [1.82, 2.24) is 0 Å². The van der Waals surface area contributed by atoms with E-state index in [-0.39, 0.29) is 10.6 Å². The maximum absolute atomic E-state index is 10.9. The van der Waals surface area contributed by atoms with Gasteiger partial charge in [0, 0.05) is 36.6 Å². The predicted octanol–water partition coefficient (Wildman–Crippen LogP) is 4.02. The number of nitrogens with zero attached hydrogens (tertiary/aromatic N) is 1. The van der Waals surface area contributed by atoms with Gasteiger partial charge in [0.15, 0.2) is 0 Å². The molecule has 5 nitrogen and oxygen atoms in total. The molecule has 1 saturated carbocycles. The van der Waals surface area contributed by atoms with Crippen molar-refractivity contribution in [2.75, 3.05) is 17.7 Å². The molecule has 1 fully saturated rings. The number of benzene rings is 1. The Balaban J connectivity index is 2.09. The summed E-state index contributed by atoms with van der Waals surface area (Å²) in [6, 6.07) is 5.50. The van der Waals surface area contributed by atoms with Gasteiger partial charge in [-0.2, -0.15) is 0 Å². The van der Waals surface area contributed by atoms with Gasteiger partial charge in [0.1, 0.15) is 0 Å². The molecule has 20 heavy (non-hydrogen) atoms. The molecule has 0 amide bonds. The quantitative estimate of drug-likeness (QED) is 0.644. The highest BCUT2D eigenvalue weighted by Crippen LogP contribution is 2.36. The molecule has 1 aliphatic carbocycles. The van der Waals surface area contributed by atoms with Gasteiger partial charge >= 0.3 is 0 Å². The molecule has 0 heterocycles. The Labute approximate surface area is 119 Å². The first-order valence-corrected chi connectivity index (χ1v) is 7.13. The normalized spacial score (nSPS) is 18.6. The monoisotopic (exact) mass is 277 g/mol. The number of nitrogens with one attached hydrogen (secondary N) is 2. The van der Waals surface area contributed by atoms with Crippen LogP contribution in [0.4, 0.5) is 17.1 Å². The van der Waals surface area contributed by atoms with Crippen LogP contribution in [0.5, 0.6) is 0 Å². The number of nitro groups is 1. The van der Waals surface area contributed by atoms with Crippen LogP contribution in [0.15, 0.2) is 18.2 Å². The molecule has 0 saturated heterocycles. The lowest BCUT2D eigenvalue weighted by Gasteiger charge is -2.35. The lowest BCUT2D eigenvalue weighted by molar-refractivity contribution is -0.384. The van der Waals surface area contributed by atoms with Crippen LogP contribution in [0.3, 0.4) is 0 Å². The predicted molar refractivity (Wildman–Crippen MR) is 82.3 cm³/mol. The number of nitro benzene ring substituents is 1. The average molecular weight is 277 g/mol. The summed E-state index contributed by atoms with van der Waals surface area (Å²) in [5, 5.41) is 17.4. The molecule has 0 spiro atoms.